The van der Waals surface area contributed by atoms with Crippen LogP contribution in [0.5, 0.6) is 0 Å². The predicted octanol–water partition coefficient (Wildman–Crippen LogP) is 4.58. The highest BCUT2D eigenvalue weighted by Gasteiger charge is 2.16. The highest BCUT2D eigenvalue weighted by atomic mass is 15.1. The van der Waals surface area contributed by atoms with Crippen molar-refractivity contribution >= 4 is 0 Å². The van der Waals surface area contributed by atoms with Crippen molar-refractivity contribution in [3.63, 3.8) is 0 Å². The van der Waals surface area contributed by atoms with E-state index in [9.17, 15) is 0 Å². The average molecular weight is 293 g/mol. The van der Waals surface area contributed by atoms with Crippen LogP contribution in [0.1, 0.15) is 43.0 Å². The lowest BCUT2D eigenvalue weighted by Gasteiger charge is -2.28. The van der Waals surface area contributed by atoms with Gasteiger partial charge in [0.25, 0.3) is 0 Å². The SMILES string of the molecule is CC(C)(C)c1ccc(CCN2CCc3ccccc3C2)cc1. The van der Waals surface area contributed by atoms with E-state index in [2.05, 4.69) is 74.2 Å². The van der Waals surface area contributed by atoms with Gasteiger partial charge in [-0.3, -0.25) is 4.90 Å². The molecule has 0 fully saturated rings. The van der Waals surface area contributed by atoms with Crippen molar-refractivity contribution in [2.24, 2.45) is 0 Å². The van der Waals surface area contributed by atoms with Crippen LogP contribution in [0.15, 0.2) is 48.5 Å². The summed E-state index contributed by atoms with van der Waals surface area (Å²) in [5, 5.41) is 0. The maximum atomic E-state index is 2.58. The Morgan fingerprint density at radius 1 is 0.909 bits per heavy atom. The number of fused-ring (bicyclic) bond motifs is 1. The summed E-state index contributed by atoms with van der Waals surface area (Å²) in [6.45, 7) is 10.3. The minimum atomic E-state index is 0.245. The van der Waals surface area contributed by atoms with Crippen molar-refractivity contribution in [1.82, 2.24) is 4.90 Å². The monoisotopic (exact) mass is 293 g/mol. The molecule has 1 aliphatic heterocycles. The minimum absolute atomic E-state index is 0.245. The standard InChI is InChI=1S/C21H27N/c1-21(2,3)20-10-8-17(9-11-20)12-14-22-15-13-18-6-4-5-7-19(18)16-22/h4-11H,12-16H2,1-3H3. The molecule has 0 atom stereocenters. The van der Waals surface area contributed by atoms with Gasteiger partial charge in [0.1, 0.15) is 0 Å². The normalized spacial score (nSPS) is 15.6. The maximum absolute atomic E-state index is 2.58. The topological polar surface area (TPSA) is 3.24 Å². The largest absolute Gasteiger partial charge is 0.298 e. The summed E-state index contributed by atoms with van der Waals surface area (Å²) >= 11 is 0. The maximum Gasteiger partial charge on any atom is 0.0236 e. The first-order valence-corrected chi connectivity index (χ1v) is 8.41. The first-order chi connectivity index (χ1) is 10.5. The molecule has 1 heteroatoms. The van der Waals surface area contributed by atoms with Gasteiger partial charge in [-0.15, -0.1) is 0 Å². The summed E-state index contributed by atoms with van der Waals surface area (Å²) in [5.41, 5.74) is 6.16. The van der Waals surface area contributed by atoms with Crippen molar-refractivity contribution < 1.29 is 0 Å². The van der Waals surface area contributed by atoms with Gasteiger partial charge >= 0.3 is 0 Å². The molecule has 0 N–H and O–H groups in total. The lowest BCUT2D eigenvalue weighted by molar-refractivity contribution is 0.257. The second-order valence-corrected chi connectivity index (χ2v) is 7.49. The molecule has 2 aromatic rings. The van der Waals surface area contributed by atoms with Gasteiger partial charge in [0, 0.05) is 19.6 Å². The molecule has 0 aromatic heterocycles. The number of rotatable bonds is 3. The third kappa shape index (κ3) is 3.59. The zero-order valence-electron chi connectivity index (χ0n) is 14.1. The smallest absolute Gasteiger partial charge is 0.0236 e. The van der Waals surface area contributed by atoms with E-state index in [1.165, 1.54) is 35.2 Å². The molecule has 0 unspecified atom stereocenters. The van der Waals surface area contributed by atoms with E-state index in [-0.39, 0.29) is 5.41 Å². The molecule has 1 nitrogen and oxygen atoms in total. The molecule has 116 valence electrons. The Hall–Kier alpha value is -1.60. The molecule has 1 heterocycles. The Morgan fingerprint density at radius 3 is 2.27 bits per heavy atom. The molecule has 22 heavy (non-hydrogen) atoms. The molecule has 0 bridgehead atoms. The van der Waals surface area contributed by atoms with Gasteiger partial charge in [0.15, 0.2) is 0 Å². The molecule has 0 saturated heterocycles. The second kappa shape index (κ2) is 6.26. The van der Waals surface area contributed by atoms with Crippen LogP contribution in [-0.4, -0.2) is 18.0 Å². The van der Waals surface area contributed by atoms with Crippen LogP contribution < -0.4 is 0 Å². The highest BCUT2D eigenvalue weighted by Crippen LogP contribution is 2.23. The van der Waals surface area contributed by atoms with Crippen molar-refractivity contribution in [1.29, 1.82) is 0 Å². The predicted molar refractivity (Wildman–Crippen MR) is 94.3 cm³/mol. The Bertz CT molecular complexity index is 619. The molecule has 1 aliphatic rings. The van der Waals surface area contributed by atoms with Crippen molar-refractivity contribution in [3.8, 4) is 0 Å². The number of hydrogen-bond acceptors (Lipinski definition) is 1. The second-order valence-electron chi connectivity index (χ2n) is 7.49. The lowest BCUT2D eigenvalue weighted by Crippen LogP contribution is -2.32. The van der Waals surface area contributed by atoms with Crippen molar-refractivity contribution in [3.05, 3.63) is 70.8 Å². The van der Waals surface area contributed by atoms with Crippen LogP contribution in [0.4, 0.5) is 0 Å². The summed E-state index contributed by atoms with van der Waals surface area (Å²) in [5.74, 6) is 0. The molecular formula is C21H27N. The molecule has 0 radical (unpaired) electrons. The van der Waals surface area contributed by atoms with Crippen molar-refractivity contribution in [2.45, 2.75) is 45.6 Å². The molecular weight excluding hydrogens is 266 g/mol. The number of benzene rings is 2. The number of hydrogen-bond donors (Lipinski definition) is 0. The van der Waals surface area contributed by atoms with Gasteiger partial charge in [-0.1, -0.05) is 69.3 Å². The quantitative estimate of drug-likeness (QED) is 0.800. The van der Waals surface area contributed by atoms with Crippen LogP contribution >= 0.6 is 0 Å². The van der Waals surface area contributed by atoms with E-state index in [1.807, 2.05) is 0 Å². The minimum Gasteiger partial charge on any atom is -0.298 e. The summed E-state index contributed by atoms with van der Waals surface area (Å²) < 4.78 is 0. The van der Waals surface area contributed by atoms with Crippen LogP contribution in [-0.2, 0) is 24.8 Å². The molecule has 0 spiro atoms. The van der Waals surface area contributed by atoms with E-state index in [0.29, 0.717) is 0 Å². The van der Waals surface area contributed by atoms with E-state index in [0.717, 1.165) is 19.5 Å². The molecule has 0 saturated carbocycles. The Labute approximate surface area is 135 Å². The third-order valence-corrected chi connectivity index (χ3v) is 4.75. The van der Waals surface area contributed by atoms with Gasteiger partial charge in [-0.2, -0.15) is 0 Å². The summed E-state index contributed by atoms with van der Waals surface area (Å²) in [6.07, 6.45) is 2.34. The molecule has 3 rings (SSSR count). The van der Waals surface area contributed by atoms with Crippen LogP contribution in [0.3, 0.4) is 0 Å². The first-order valence-electron chi connectivity index (χ1n) is 8.41. The van der Waals surface area contributed by atoms with Gasteiger partial charge in [0.2, 0.25) is 0 Å². The fourth-order valence-corrected chi connectivity index (χ4v) is 3.20. The van der Waals surface area contributed by atoms with E-state index in [4.69, 9.17) is 0 Å². The number of nitrogens with zero attached hydrogens (tertiary/aromatic N) is 1. The van der Waals surface area contributed by atoms with Gasteiger partial charge < -0.3 is 0 Å². The summed E-state index contributed by atoms with van der Waals surface area (Å²) in [7, 11) is 0. The first kappa shape index (κ1) is 15.3. The van der Waals surface area contributed by atoms with Crippen molar-refractivity contribution in [2.75, 3.05) is 13.1 Å². The van der Waals surface area contributed by atoms with Crippen LogP contribution in [0.2, 0.25) is 0 Å². The van der Waals surface area contributed by atoms with Gasteiger partial charge in [-0.05, 0) is 40.5 Å². The third-order valence-electron chi connectivity index (χ3n) is 4.75. The molecule has 2 aromatic carbocycles. The van der Waals surface area contributed by atoms with Crippen LogP contribution in [0.25, 0.3) is 0 Å². The fraction of sp³-hybridized carbons (Fsp3) is 0.429. The zero-order valence-corrected chi connectivity index (χ0v) is 14.1. The average Bonchev–Trinajstić information content (AvgIpc) is 2.52. The lowest BCUT2D eigenvalue weighted by atomic mass is 9.86. The summed E-state index contributed by atoms with van der Waals surface area (Å²) in [4.78, 5) is 2.58. The van der Waals surface area contributed by atoms with Crippen LogP contribution in [0, 0.1) is 0 Å². The summed E-state index contributed by atoms with van der Waals surface area (Å²) in [6, 6.07) is 18.1. The van der Waals surface area contributed by atoms with E-state index >= 15 is 0 Å². The Morgan fingerprint density at radius 2 is 1.59 bits per heavy atom. The van der Waals surface area contributed by atoms with Gasteiger partial charge in [-0.25, -0.2) is 0 Å². The Kier molecular flexibility index (Phi) is 4.35. The zero-order chi connectivity index (χ0) is 15.6. The highest BCUT2D eigenvalue weighted by molar-refractivity contribution is 5.30. The molecule has 0 aliphatic carbocycles. The molecule has 0 amide bonds. The van der Waals surface area contributed by atoms with E-state index in [1.54, 1.807) is 0 Å². The Balaban J connectivity index is 1.57. The van der Waals surface area contributed by atoms with Gasteiger partial charge in [0.05, 0.1) is 0 Å². The fourth-order valence-electron chi connectivity index (χ4n) is 3.20. The van der Waals surface area contributed by atoms with E-state index < -0.39 is 0 Å².